The Balaban J connectivity index is 1.78. The molecule has 2 heterocycles. The Morgan fingerprint density at radius 1 is 1.03 bits per heavy atom. The summed E-state index contributed by atoms with van der Waals surface area (Å²) < 4.78 is 5.68. The van der Waals surface area contributed by atoms with Crippen LogP contribution in [0, 0.1) is 0 Å². The van der Waals surface area contributed by atoms with Gasteiger partial charge in [0.25, 0.3) is 0 Å². The molecule has 2 unspecified atom stereocenters. The predicted molar refractivity (Wildman–Crippen MR) is 120 cm³/mol. The number of halogens is 2. The minimum absolute atomic E-state index is 0.00522. The fourth-order valence-corrected chi connectivity index (χ4v) is 4.49. The van der Waals surface area contributed by atoms with Crippen molar-refractivity contribution in [2.24, 2.45) is 4.99 Å². The first kappa shape index (κ1) is 19.9. The number of rotatable bonds is 5. The monoisotopic (exact) mass is 424 g/mol. The summed E-state index contributed by atoms with van der Waals surface area (Å²) >= 11 is 12.8. The molecular weight excluding hydrogens is 403 g/mol. The van der Waals surface area contributed by atoms with Crippen molar-refractivity contribution in [1.82, 2.24) is 4.98 Å². The number of aromatic nitrogens is 1. The van der Waals surface area contributed by atoms with Crippen LogP contribution in [0.1, 0.15) is 41.1 Å². The van der Waals surface area contributed by atoms with Gasteiger partial charge < -0.3 is 4.74 Å². The van der Waals surface area contributed by atoms with Crippen LogP contribution in [0.15, 0.2) is 65.9 Å². The zero-order valence-electron chi connectivity index (χ0n) is 16.4. The van der Waals surface area contributed by atoms with Crippen molar-refractivity contribution in [2.45, 2.75) is 31.7 Å². The maximum absolute atomic E-state index is 6.38. The van der Waals surface area contributed by atoms with E-state index in [1.165, 1.54) is 16.7 Å². The van der Waals surface area contributed by atoms with Gasteiger partial charge in [-0.25, -0.2) is 0 Å². The Kier molecular flexibility index (Phi) is 5.89. The van der Waals surface area contributed by atoms with Gasteiger partial charge in [0, 0.05) is 42.4 Å². The summed E-state index contributed by atoms with van der Waals surface area (Å²) in [5.41, 5.74) is 5.58. The van der Waals surface area contributed by atoms with Gasteiger partial charge in [-0.15, -0.1) is 0 Å². The smallest absolute Gasteiger partial charge is 0.122 e. The van der Waals surface area contributed by atoms with Crippen molar-refractivity contribution in [1.29, 1.82) is 0 Å². The van der Waals surface area contributed by atoms with E-state index in [-0.39, 0.29) is 12.0 Å². The molecule has 1 aliphatic rings. The van der Waals surface area contributed by atoms with E-state index >= 15 is 0 Å². The molecule has 0 radical (unpaired) electrons. The van der Waals surface area contributed by atoms with E-state index in [0.717, 1.165) is 17.0 Å². The molecule has 0 N–H and O–H groups in total. The number of hydrogen-bond acceptors (Lipinski definition) is 3. The average Bonchev–Trinajstić information content (AvgIpc) is 2.75. The molecule has 2 aromatic carbocycles. The molecule has 0 saturated heterocycles. The van der Waals surface area contributed by atoms with Gasteiger partial charge in [0.05, 0.1) is 23.2 Å². The highest BCUT2D eigenvalue weighted by atomic mass is 35.5. The summed E-state index contributed by atoms with van der Waals surface area (Å²) in [6.45, 7) is 2.22. The van der Waals surface area contributed by atoms with E-state index in [9.17, 15) is 0 Å². The molecule has 4 rings (SSSR count). The van der Waals surface area contributed by atoms with Crippen molar-refractivity contribution >= 4 is 28.9 Å². The summed E-state index contributed by atoms with van der Waals surface area (Å²) in [5, 5.41) is 1.14. The van der Waals surface area contributed by atoms with Crippen LogP contribution in [0.3, 0.4) is 0 Å². The third kappa shape index (κ3) is 4.03. The van der Waals surface area contributed by atoms with Gasteiger partial charge in [0.1, 0.15) is 5.75 Å². The summed E-state index contributed by atoms with van der Waals surface area (Å²) in [6.07, 6.45) is 4.57. The third-order valence-electron chi connectivity index (χ3n) is 5.54. The maximum atomic E-state index is 6.38. The Morgan fingerprint density at radius 3 is 2.45 bits per heavy atom. The van der Waals surface area contributed by atoms with Crippen LogP contribution in [0.25, 0.3) is 0 Å². The number of ether oxygens (including phenoxy) is 1. The summed E-state index contributed by atoms with van der Waals surface area (Å²) in [7, 11) is 1.72. The molecule has 0 aliphatic carbocycles. The lowest BCUT2D eigenvalue weighted by molar-refractivity contribution is 0.408. The number of nitrogens with zero attached hydrogens (tertiary/aromatic N) is 2. The quantitative estimate of drug-likeness (QED) is 0.469. The molecule has 3 aromatic rings. The van der Waals surface area contributed by atoms with Crippen molar-refractivity contribution in [2.75, 3.05) is 7.11 Å². The van der Waals surface area contributed by atoms with Gasteiger partial charge in [-0.3, -0.25) is 9.98 Å². The molecule has 1 aromatic heterocycles. The molecule has 0 saturated carbocycles. The fourth-order valence-electron chi connectivity index (χ4n) is 4.00. The summed E-state index contributed by atoms with van der Waals surface area (Å²) in [4.78, 5) is 9.24. The molecule has 0 fully saturated rings. The first-order chi connectivity index (χ1) is 14.1. The lowest BCUT2D eigenvalue weighted by Crippen LogP contribution is -2.21. The average molecular weight is 425 g/mol. The molecule has 0 bridgehead atoms. The van der Waals surface area contributed by atoms with Gasteiger partial charge in [0.15, 0.2) is 0 Å². The Hall–Kier alpha value is -2.36. The Morgan fingerprint density at radius 2 is 1.76 bits per heavy atom. The standard InChI is InChI=1S/C24H22Cl2N2O/c1-15(16-7-4-3-5-8-16)24-18-9-6-10-23(29-2)19(18)11-17(28-24)12-20-21(25)13-27-14-22(20)26/h3-10,13-15,24H,11-12H2,1-2H3. The first-order valence-corrected chi connectivity index (χ1v) is 10.4. The maximum Gasteiger partial charge on any atom is 0.122 e. The molecule has 148 valence electrons. The second-order valence-corrected chi connectivity index (χ2v) is 8.12. The van der Waals surface area contributed by atoms with E-state index in [2.05, 4.69) is 42.2 Å². The number of hydrogen-bond donors (Lipinski definition) is 0. The number of fused-ring (bicyclic) bond motifs is 1. The Labute approximate surface area is 181 Å². The highest BCUT2D eigenvalue weighted by Gasteiger charge is 2.29. The lowest BCUT2D eigenvalue weighted by Gasteiger charge is -2.30. The van der Waals surface area contributed by atoms with Crippen LogP contribution >= 0.6 is 23.2 Å². The van der Waals surface area contributed by atoms with E-state index in [1.807, 2.05) is 18.2 Å². The molecular formula is C24H22Cl2N2O. The second-order valence-electron chi connectivity index (χ2n) is 7.30. The topological polar surface area (TPSA) is 34.5 Å². The van der Waals surface area contributed by atoms with E-state index in [4.69, 9.17) is 32.9 Å². The van der Waals surface area contributed by atoms with Crippen molar-refractivity contribution in [3.8, 4) is 5.75 Å². The first-order valence-electron chi connectivity index (χ1n) is 9.62. The van der Waals surface area contributed by atoms with E-state index in [1.54, 1.807) is 19.5 Å². The molecule has 1 aliphatic heterocycles. The van der Waals surface area contributed by atoms with Crippen LogP contribution in [0.5, 0.6) is 5.75 Å². The molecule has 29 heavy (non-hydrogen) atoms. The Bertz CT molecular complexity index is 1030. The van der Waals surface area contributed by atoms with E-state index < -0.39 is 0 Å². The zero-order chi connectivity index (χ0) is 20.4. The fraction of sp³-hybridized carbons (Fsp3) is 0.250. The molecule has 3 nitrogen and oxygen atoms in total. The van der Waals surface area contributed by atoms with Crippen LogP contribution in [0.4, 0.5) is 0 Å². The number of pyridine rings is 1. The normalized spacial score (nSPS) is 16.7. The predicted octanol–water partition coefficient (Wildman–Crippen LogP) is 6.48. The van der Waals surface area contributed by atoms with Crippen LogP contribution < -0.4 is 4.74 Å². The summed E-state index contributed by atoms with van der Waals surface area (Å²) in [6, 6.07) is 16.7. The largest absolute Gasteiger partial charge is 0.496 e. The van der Waals surface area contributed by atoms with Gasteiger partial charge in [-0.2, -0.15) is 0 Å². The van der Waals surface area contributed by atoms with Crippen molar-refractivity contribution in [3.63, 3.8) is 0 Å². The van der Waals surface area contributed by atoms with Crippen LogP contribution in [-0.4, -0.2) is 17.8 Å². The third-order valence-corrected chi connectivity index (χ3v) is 6.19. The minimum Gasteiger partial charge on any atom is -0.496 e. The molecule has 0 amide bonds. The van der Waals surface area contributed by atoms with Gasteiger partial charge in [0.2, 0.25) is 0 Å². The van der Waals surface area contributed by atoms with Gasteiger partial charge >= 0.3 is 0 Å². The van der Waals surface area contributed by atoms with Crippen molar-refractivity contribution in [3.05, 3.63) is 93.2 Å². The van der Waals surface area contributed by atoms with Crippen molar-refractivity contribution < 1.29 is 4.74 Å². The number of aliphatic imine (C=N–C) groups is 1. The molecule has 5 heteroatoms. The number of methoxy groups -OCH3 is 1. The SMILES string of the molecule is COc1cccc2c1CC(Cc1c(Cl)cncc1Cl)=NC2C(C)c1ccccc1. The molecule has 2 atom stereocenters. The minimum atomic E-state index is 0.00522. The lowest BCUT2D eigenvalue weighted by atomic mass is 9.82. The summed E-state index contributed by atoms with van der Waals surface area (Å²) in [5.74, 6) is 1.12. The van der Waals surface area contributed by atoms with Crippen LogP contribution in [0.2, 0.25) is 10.0 Å². The van der Waals surface area contributed by atoms with Gasteiger partial charge in [-0.05, 0) is 22.8 Å². The molecule has 0 spiro atoms. The van der Waals surface area contributed by atoms with Crippen LogP contribution in [-0.2, 0) is 12.8 Å². The zero-order valence-corrected chi connectivity index (χ0v) is 17.9. The second kappa shape index (κ2) is 8.56. The highest BCUT2D eigenvalue weighted by Crippen LogP contribution is 2.42. The van der Waals surface area contributed by atoms with E-state index in [0.29, 0.717) is 22.9 Å². The van der Waals surface area contributed by atoms with Gasteiger partial charge in [-0.1, -0.05) is 72.6 Å². The number of benzene rings is 2. The highest BCUT2D eigenvalue weighted by molar-refractivity contribution is 6.36.